The van der Waals surface area contributed by atoms with Crippen molar-refractivity contribution in [3.8, 4) is 0 Å². The van der Waals surface area contributed by atoms with Crippen LogP contribution in [-0.4, -0.2) is 43.2 Å². The predicted molar refractivity (Wildman–Crippen MR) is 95.1 cm³/mol. The lowest BCUT2D eigenvalue weighted by atomic mass is 9.93. The second-order valence-electron chi connectivity index (χ2n) is 7.18. The van der Waals surface area contributed by atoms with Crippen molar-refractivity contribution in [2.75, 3.05) is 12.9 Å². The van der Waals surface area contributed by atoms with E-state index in [2.05, 4.69) is 10.00 Å². The molecule has 146 valence electrons. The number of hydrogen-bond acceptors (Lipinski definition) is 6. The average Bonchev–Trinajstić information content (AvgIpc) is 3.16. The number of rotatable bonds is 3. The smallest absolute Gasteiger partial charge is 0.145 e. The van der Waals surface area contributed by atoms with E-state index in [0.29, 0.717) is 26.1 Å². The standard InChI is InChI=1S/C17H21F2N5O2S/c1-27(21,25)24-7-10-6-23(8-16(10)22-24)12-5-15(20)17(26-9-12)13-4-11(18)2-3-14(13)19/h2-4,7,12,15,17,21H,5-6,8-9,20H2,1H3/t12-,15+,17-,27?/m1/s1. The molecule has 10 heteroatoms. The molecular formula is C17H21F2N5O2S. The lowest BCUT2D eigenvalue weighted by Gasteiger charge is -2.38. The molecule has 1 aromatic carbocycles. The molecule has 4 rings (SSSR count). The van der Waals surface area contributed by atoms with Crippen LogP contribution in [0.5, 0.6) is 0 Å². The van der Waals surface area contributed by atoms with Crippen molar-refractivity contribution in [2.45, 2.75) is 37.7 Å². The van der Waals surface area contributed by atoms with Gasteiger partial charge in [-0.1, -0.05) is 0 Å². The summed E-state index contributed by atoms with van der Waals surface area (Å²) < 4.78 is 53.9. The Labute approximate surface area is 156 Å². The third-order valence-electron chi connectivity index (χ3n) is 5.12. The normalized spacial score (nSPS) is 28.1. The van der Waals surface area contributed by atoms with Gasteiger partial charge in [0.15, 0.2) is 0 Å². The fraction of sp³-hybridized carbons (Fsp3) is 0.471. The number of halogens is 2. The Kier molecular flexibility index (Phi) is 4.53. The number of nitrogens with zero attached hydrogens (tertiary/aromatic N) is 3. The zero-order valence-electron chi connectivity index (χ0n) is 14.8. The van der Waals surface area contributed by atoms with Crippen LogP contribution < -0.4 is 5.73 Å². The summed E-state index contributed by atoms with van der Waals surface area (Å²) >= 11 is 0. The summed E-state index contributed by atoms with van der Waals surface area (Å²) in [6.07, 6.45) is 2.87. The fourth-order valence-electron chi connectivity index (χ4n) is 3.74. The van der Waals surface area contributed by atoms with Gasteiger partial charge in [0.1, 0.15) is 27.7 Å². The molecule has 3 heterocycles. The lowest BCUT2D eigenvalue weighted by molar-refractivity contribution is -0.0533. The molecule has 7 nitrogen and oxygen atoms in total. The Morgan fingerprint density at radius 1 is 1.37 bits per heavy atom. The molecule has 2 aromatic rings. The predicted octanol–water partition coefficient (Wildman–Crippen LogP) is 1.77. The molecule has 3 N–H and O–H groups in total. The number of aromatic nitrogens is 2. The van der Waals surface area contributed by atoms with E-state index < -0.39 is 33.7 Å². The van der Waals surface area contributed by atoms with Crippen molar-refractivity contribution < 1.29 is 17.7 Å². The second kappa shape index (κ2) is 6.62. The van der Waals surface area contributed by atoms with Crippen molar-refractivity contribution in [1.29, 1.82) is 4.78 Å². The Hall–Kier alpha value is -1.88. The van der Waals surface area contributed by atoms with Crippen LogP contribution in [0.25, 0.3) is 0 Å². The van der Waals surface area contributed by atoms with E-state index in [4.69, 9.17) is 15.3 Å². The van der Waals surface area contributed by atoms with Gasteiger partial charge in [-0.25, -0.2) is 17.8 Å². The quantitative estimate of drug-likeness (QED) is 0.823. The summed E-state index contributed by atoms with van der Waals surface area (Å²) in [5.74, 6) is -1.04. The lowest BCUT2D eigenvalue weighted by Crippen LogP contribution is -2.47. The van der Waals surface area contributed by atoms with E-state index in [1.54, 1.807) is 6.20 Å². The van der Waals surface area contributed by atoms with Crippen LogP contribution in [0.2, 0.25) is 0 Å². The Morgan fingerprint density at radius 2 is 2.15 bits per heavy atom. The molecule has 1 aromatic heterocycles. The van der Waals surface area contributed by atoms with Gasteiger partial charge in [-0.2, -0.15) is 9.19 Å². The van der Waals surface area contributed by atoms with Crippen molar-refractivity contribution in [3.63, 3.8) is 0 Å². The molecule has 0 saturated carbocycles. The molecule has 27 heavy (non-hydrogen) atoms. The zero-order chi connectivity index (χ0) is 19.3. The average molecular weight is 397 g/mol. The number of nitrogens with one attached hydrogen (secondary N) is 1. The Bertz CT molecular complexity index is 954. The molecule has 0 spiro atoms. The number of ether oxygens (including phenoxy) is 1. The molecular weight excluding hydrogens is 376 g/mol. The molecule has 0 radical (unpaired) electrons. The number of fused-ring (bicyclic) bond motifs is 1. The molecule has 0 aliphatic carbocycles. The first-order valence-electron chi connectivity index (χ1n) is 8.60. The first kappa shape index (κ1) is 18.5. The zero-order valence-corrected chi connectivity index (χ0v) is 15.6. The Balaban J connectivity index is 1.44. The molecule has 1 saturated heterocycles. The van der Waals surface area contributed by atoms with Crippen LogP contribution in [0.1, 0.15) is 29.3 Å². The van der Waals surface area contributed by atoms with Gasteiger partial charge in [-0.15, -0.1) is 0 Å². The maximum Gasteiger partial charge on any atom is 0.145 e. The Morgan fingerprint density at radius 3 is 2.81 bits per heavy atom. The van der Waals surface area contributed by atoms with Crippen LogP contribution >= 0.6 is 0 Å². The van der Waals surface area contributed by atoms with E-state index in [-0.39, 0.29) is 11.6 Å². The molecule has 1 fully saturated rings. The number of benzene rings is 1. The van der Waals surface area contributed by atoms with Gasteiger partial charge in [0, 0.05) is 48.8 Å². The van der Waals surface area contributed by atoms with E-state index in [0.717, 1.165) is 29.5 Å². The fourth-order valence-corrected chi connectivity index (χ4v) is 4.32. The van der Waals surface area contributed by atoms with Gasteiger partial charge < -0.3 is 10.5 Å². The maximum absolute atomic E-state index is 14.0. The minimum atomic E-state index is -2.90. The van der Waals surface area contributed by atoms with E-state index in [9.17, 15) is 13.0 Å². The highest BCUT2D eigenvalue weighted by molar-refractivity contribution is 7.90. The van der Waals surface area contributed by atoms with Crippen LogP contribution in [0.3, 0.4) is 0 Å². The van der Waals surface area contributed by atoms with Crippen LogP contribution in [0, 0.1) is 16.4 Å². The highest BCUT2D eigenvalue weighted by Crippen LogP contribution is 2.34. The van der Waals surface area contributed by atoms with Crippen molar-refractivity contribution >= 4 is 9.92 Å². The second-order valence-corrected chi connectivity index (χ2v) is 9.16. The molecule has 1 unspecified atom stereocenters. The minimum Gasteiger partial charge on any atom is -0.370 e. The third kappa shape index (κ3) is 3.49. The van der Waals surface area contributed by atoms with Crippen LogP contribution in [0.15, 0.2) is 24.4 Å². The molecule has 2 aliphatic rings. The molecule has 2 aliphatic heterocycles. The monoisotopic (exact) mass is 397 g/mol. The topological polar surface area (TPSA) is 97.2 Å². The summed E-state index contributed by atoms with van der Waals surface area (Å²) in [6, 6.07) is 2.86. The number of nitrogens with two attached hydrogens (primary N) is 1. The molecule has 0 amide bonds. The maximum atomic E-state index is 14.0. The largest absolute Gasteiger partial charge is 0.370 e. The van der Waals surface area contributed by atoms with Gasteiger partial charge in [0.2, 0.25) is 0 Å². The summed E-state index contributed by atoms with van der Waals surface area (Å²) in [5.41, 5.74) is 8.10. The van der Waals surface area contributed by atoms with Crippen molar-refractivity contribution in [1.82, 2.24) is 14.1 Å². The van der Waals surface area contributed by atoms with E-state index in [1.807, 2.05) is 0 Å². The van der Waals surface area contributed by atoms with E-state index in [1.165, 1.54) is 10.3 Å². The highest BCUT2D eigenvalue weighted by Gasteiger charge is 2.37. The summed E-state index contributed by atoms with van der Waals surface area (Å²) in [7, 11) is -2.90. The summed E-state index contributed by atoms with van der Waals surface area (Å²) in [6.45, 7) is 1.50. The first-order chi connectivity index (χ1) is 12.7. The van der Waals surface area contributed by atoms with Gasteiger partial charge in [-0.05, 0) is 24.6 Å². The third-order valence-corrected chi connectivity index (χ3v) is 6.02. The van der Waals surface area contributed by atoms with Crippen LogP contribution in [0.4, 0.5) is 8.78 Å². The van der Waals surface area contributed by atoms with E-state index >= 15 is 0 Å². The first-order valence-corrected chi connectivity index (χ1v) is 10.5. The summed E-state index contributed by atoms with van der Waals surface area (Å²) in [4.78, 5) is 2.15. The van der Waals surface area contributed by atoms with Gasteiger partial charge in [0.25, 0.3) is 0 Å². The van der Waals surface area contributed by atoms with Crippen molar-refractivity contribution in [3.05, 3.63) is 52.9 Å². The van der Waals surface area contributed by atoms with Gasteiger partial charge in [-0.3, -0.25) is 4.90 Å². The molecule has 4 atom stereocenters. The van der Waals surface area contributed by atoms with Crippen molar-refractivity contribution in [2.24, 2.45) is 5.73 Å². The molecule has 0 bridgehead atoms. The highest BCUT2D eigenvalue weighted by atomic mass is 32.2. The SMILES string of the molecule is CS(=N)(=O)n1cc2c(n1)CN([C@H]1CO[C@H](c3cc(F)ccc3F)[C@@H](N)C1)C2. The van der Waals surface area contributed by atoms with Crippen LogP contribution in [-0.2, 0) is 27.7 Å². The summed E-state index contributed by atoms with van der Waals surface area (Å²) in [5, 5.41) is 4.26. The van der Waals surface area contributed by atoms with Gasteiger partial charge in [0.05, 0.1) is 12.3 Å². The van der Waals surface area contributed by atoms with Gasteiger partial charge >= 0.3 is 0 Å². The number of hydrogen-bond donors (Lipinski definition) is 2. The minimum absolute atomic E-state index is 0.0255.